The van der Waals surface area contributed by atoms with Gasteiger partial charge in [0.2, 0.25) is 11.7 Å². The summed E-state index contributed by atoms with van der Waals surface area (Å²) in [4.78, 5) is 23.3. The van der Waals surface area contributed by atoms with Gasteiger partial charge in [0, 0.05) is 26.6 Å². The SMILES string of the molecule is CC(=O)Nc1nc(C(F)(F)F)n2c1CNCC2.O=C(O)C(F)(F)F. The maximum Gasteiger partial charge on any atom is 0.490 e. The summed E-state index contributed by atoms with van der Waals surface area (Å²) in [6.45, 7) is 2.14. The highest BCUT2D eigenvalue weighted by Gasteiger charge is 2.39. The lowest BCUT2D eigenvalue weighted by molar-refractivity contribution is -0.192. The standard InChI is InChI=1S/C9H11F3N4O.C2HF3O2/c1-5(17)14-7-6-4-13-2-3-16(6)8(15-7)9(10,11)12;3-2(4,5)1(6)7/h13H,2-4H2,1H3,(H,14,17);(H,6,7). The zero-order valence-corrected chi connectivity index (χ0v) is 12.0. The Morgan fingerprint density at radius 1 is 1.25 bits per heavy atom. The van der Waals surface area contributed by atoms with Crippen LogP contribution in [0.3, 0.4) is 0 Å². The van der Waals surface area contributed by atoms with Crippen LogP contribution < -0.4 is 10.6 Å². The van der Waals surface area contributed by atoms with Crippen LogP contribution in [0.1, 0.15) is 18.4 Å². The van der Waals surface area contributed by atoms with Crippen LogP contribution in [0.15, 0.2) is 0 Å². The van der Waals surface area contributed by atoms with Crippen molar-refractivity contribution in [1.29, 1.82) is 0 Å². The molecule has 13 heteroatoms. The van der Waals surface area contributed by atoms with Crippen molar-refractivity contribution >= 4 is 17.7 Å². The molecule has 0 spiro atoms. The van der Waals surface area contributed by atoms with Gasteiger partial charge in [-0.05, 0) is 0 Å². The first-order chi connectivity index (χ1) is 10.8. The third-order valence-electron chi connectivity index (χ3n) is 2.67. The number of imidazole rings is 1. The normalized spacial score (nSPS) is 14.3. The van der Waals surface area contributed by atoms with E-state index in [9.17, 15) is 31.1 Å². The topological polar surface area (TPSA) is 96.3 Å². The molecule has 1 aliphatic heterocycles. The predicted octanol–water partition coefficient (Wildman–Crippen LogP) is 1.60. The first-order valence-corrected chi connectivity index (χ1v) is 6.29. The Morgan fingerprint density at radius 3 is 2.21 bits per heavy atom. The molecule has 24 heavy (non-hydrogen) atoms. The number of amides is 1. The van der Waals surface area contributed by atoms with E-state index in [0.717, 1.165) is 4.57 Å². The van der Waals surface area contributed by atoms with Crippen LogP contribution in [0.4, 0.5) is 32.2 Å². The smallest absolute Gasteiger partial charge is 0.475 e. The number of carboxylic acid groups (broad SMARTS) is 1. The van der Waals surface area contributed by atoms with E-state index in [2.05, 4.69) is 15.6 Å². The second-order valence-corrected chi connectivity index (χ2v) is 4.54. The van der Waals surface area contributed by atoms with E-state index < -0.39 is 30.1 Å². The third kappa shape index (κ3) is 5.11. The lowest BCUT2D eigenvalue weighted by atomic mass is 10.3. The molecular weight excluding hydrogens is 350 g/mol. The summed E-state index contributed by atoms with van der Waals surface area (Å²) in [7, 11) is 0. The van der Waals surface area contributed by atoms with Crippen LogP contribution >= 0.6 is 0 Å². The molecule has 1 amide bonds. The fraction of sp³-hybridized carbons (Fsp3) is 0.545. The monoisotopic (exact) mass is 362 g/mol. The molecule has 0 fully saturated rings. The van der Waals surface area contributed by atoms with Gasteiger partial charge in [0.05, 0.1) is 5.69 Å². The number of halogens is 6. The molecule has 0 saturated carbocycles. The molecule has 0 saturated heterocycles. The number of rotatable bonds is 1. The van der Waals surface area contributed by atoms with Crippen LogP contribution in [0.5, 0.6) is 0 Å². The number of hydrogen-bond donors (Lipinski definition) is 3. The number of nitrogens with zero attached hydrogens (tertiary/aromatic N) is 2. The fourth-order valence-corrected chi connectivity index (χ4v) is 1.79. The van der Waals surface area contributed by atoms with Gasteiger partial charge in [-0.25, -0.2) is 9.78 Å². The summed E-state index contributed by atoms with van der Waals surface area (Å²) in [5, 5.41) is 12.4. The Morgan fingerprint density at radius 2 is 1.79 bits per heavy atom. The number of carbonyl (C=O) groups is 2. The second kappa shape index (κ2) is 7.07. The van der Waals surface area contributed by atoms with Crippen molar-refractivity contribution in [3.8, 4) is 0 Å². The van der Waals surface area contributed by atoms with Crippen LogP contribution in [0.25, 0.3) is 0 Å². The van der Waals surface area contributed by atoms with Crippen molar-refractivity contribution in [1.82, 2.24) is 14.9 Å². The van der Waals surface area contributed by atoms with Crippen LogP contribution in [0, 0.1) is 0 Å². The highest BCUT2D eigenvalue weighted by atomic mass is 19.4. The first kappa shape index (κ1) is 19.7. The summed E-state index contributed by atoms with van der Waals surface area (Å²) < 4.78 is 71.0. The molecule has 136 valence electrons. The van der Waals surface area contributed by atoms with Gasteiger partial charge in [0.1, 0.15) is 0 Å². The lowest BCUT2D eigenvalue weighted by Gasteiger charge is -2.19. The largest absolute Gasteiger partial charge is 0.490 e. The Bertz CT molecular complexity index is 623. The summed E-state index contributed by atoms with van der Waals surface area (Å²) in [5.74, 6) is -4.17. The summed E-state index contributed by atoms with van der Waals surface area (Å²) in [6.07, 6.45) is -9.59. The van der Waals surface area contributed by atoms with E-state index in [1.54, 1.807) is 0 Å². The van der Waals surface area contributed by atoms with Crippen LogP contribution in [-0.4, -0.2) is 39.3 Å². The maximum atomic E-state index is 12.7. The number of carbonyl (C=O) groups excluding carboxylic acids is 1. The highest BCUT2D eigenvalue weighted by molar-refractivity contribution is 5.88. The minimum absolute atomic E-state index is 0.0166. The Labute approximate surface area is 130 Å². The van der Waals surface area contributed by atoms with E-state index >= 15 is 0 Å². The molecule has 0 radical (unpaired) electrons. The van der Waals surface area contributed by atoms with Crippen molar-refractivity contribution in [3.05, 3.63) is 11.5 Å². The average Bonchev–Trinajstić information content (AvgIpc) is 2.77. The fourth-order valence-electron chi connectivity index (χ4n) is 1.79. The minimum atomic E-state index is -5.08. The Balaban J connectivity index is 0.000000351. The molecule has 0 unspecified atom stereocenters. The minimum Gasteiger partial charge on any atom is -0.475 e. The molecule has 0 atom stereocenters. The first-order valence-electron chi connectivity index (χ1n) is 6.29. The molecule has 7 nitrogen and oxygen atoms in total. The summed E-state index contributed by atoms with van der Waals surface area (Å²) >= 11 is 0. The molecule has 0 aliphatic carbocycles. The van der Waals surface area contributed by atoms with Gasteiger partial charge in [-0.3, -0.25) is 4.79 Å². The molecule has 3 N–H and O–H groups in total. The number of aliphatic carboxylic acids is 1. The number of fused-ring (bicyclic) bond motifs is 1. The van der Waals surface area contributed by atoms with Gasteiger partial charge < -0.3 is 20.3 Å². The zero-order valence-electron chi connectivity index (χ0n) is 12.0. The van der Waals surface area contributed by atoms with E-state index in [-0.39, 0.29) is 18.9 Å². The molecule has 1 aromatic heterocycles. The Hall–Kier alpha value is -2.31. The molecule has 2 heterocycles. The highest BCUT2D eigenvalue weighted by Crippen LogP contribution is 2.32. The second-order valence-electron chi connectivity index (χ2n) is 4.54. The molecule has 0 bridgehead atoms. The quantitative estimate of drug-likeness (QED) is 0.660. The van der Waals surface area contributed by atoms with Crippen molar-refractivity contribution in [2.45, 2.75) is 32.4 Å². The molecule has 1 aromatic rings. The van der Waals surface area contributed by atoms with Crippen molar-refractivity contribution < 1.29 is 41.0 Å². The number of carboxylic acids is 1. The number of hydrogen-bond acceptors (Lipinski definition) is 4. The van der Waals surface area contributed by atoms with Crippen LogP contribution in [-0.2, 0) is 28.9 Å². The Kier molecular flexibility index (Phi) is 5.81. The van der Waals surface area contributed by atoms with Crippen molar-refractivity contribution in [2.75, 3.05) is 11.9 Å². The van der Waals surface area contributed by atoms with Gasteiger partial charge >= 0.3 is 18.3 Å². The number of aromatic nitrogens is 2. The van der Waals surface area contributed by atoms with Gasteiger partial charge in [0.25, 0.3) is 0 Å². The third-order valence-corrected chi connectivity index (χ3v) is 2.67. The summed E-state index contributed by atoms with van der Waals surface area (Å²) in [5.41, 5.74) is 0.360. The predicted molar refractivity (Wildman–Crippen MR) is 66.9 cm³/mol. The molecule has 2 rings (SSSR count). The van der Waals surface area contributed by atoms with Crippen LogP contribution in [0.2, 0.25) is 0 Å². The molecule has 0 aromatic carbocycles. The summed E-state index contributed by atoms with van der Waals surface area (Å²) in [6, 6.07) is 0. The van der Waals surface area contributed by atoms with E-state index in [1.165, 1.54) is 6.92 Å². The van der Waals surface area contributed by atoms with Gasteiger partial charge in [-0.2, -0.15) is 26.3 Å². The van der Waals surface area contributed by atoms with E-state index in [1.807, 2.05) is 0 Å². The number of alkyl halides is 6. The van der Waals surface area contributed by atoms with Crippen molar-refractivity contribution in [3.63, 3.8) is 0 Å². The number of anilines is 1. The number of nitrogens with one attached hydrogen (secondary N) is 2. The van der Waals surface area contributed by atoms with Gasteiger partial charge in [-0.15, -0.1) is 0 Å². The molecular formula is C11H12F6N4O3. The van der Waals surface area contributed by atoms with E-state index in [0.29, 0.717) is 12.2 Å². The molecule has 1 aliphatic rings. The van der Waals surface area contributed by atoms with E-state index in [4.69, 9.17) is 9.90 Å². The zero-order chi connectivity index (χ0) is 18.7. The maximum absolute atomic E-state index is 12.7. The average molecular weight is 362 g/mol. The lowest BCUT2D eigenvalue weighted by Crippen LogP contribution is -2.30. The van der Waals surface area contributed by atoms with Crippen molar-refractivity contribution in [2.24, 2.45) is 0 Å². The van der Waals surface area contributed by atoms with Gasteiger partial charge in [0.15, 0.2) is 5.82 Å². The van der Waals surface area contributed by atoms with Gasteiger partial charge in [-0.1, -0.05) is 0 Å².